The minimum Gasteiger partial charge on any atom is -0.495 e. The number of hydrogen-bond acceptors (Lipinski definition) is 6. The summed E-state index contributed by atoms with van der Waals surface area (Å²) in [5.41, 5.74) is 1.79. The number of ether oxygens (including phenoxy) is 4. The van der Waals surface area contributed by atoms with Crippen molar-refractivity contribution >= 4 is 12.2 Å². The number of nitrogens with zero attached hydrogens (tertiary/aromatic N) is 1. The molecule has 162 valence electrons. The number of amides is 1. The van der Waals surface area contributed by atoms with Crippen molar-refractivity contribution in [2.75, 3.05) is 13.7 Å². The van der Waals surface area contributed by atoms with E-state index in [1.807, 2.05) is 67.6 Å². The number of carbonyl (C=O) groups excluding carboxylic acids is 2. The van der Waals surface area contributed by atoms with Crippen molar-refractivity contribution in [2.45, 2.75) is 26.0 Å². The van der Waals surface area contributed by atoms with Gasteiger partial charge in [0, 0.05) is 12.3 Å². The fourth-order valence-corrected chi connectivity index (χ4v) is 3.32. The lowest BCUT2D eigenvalue weighted by atomic mass is 9.95. The quantitative estimate of drug-likeness (QED) is 0.333. The predicted octanol–water partition coefficient (Wildman–Crippen LogP) is 5.49. The van der Waals surface area contributed by atoms with Crippen LogP contribution < -0.4 is 0 Å². The first-order valence-corrected chi connectivity index (χ1v) is 9.91. The van der Waals surface area contributed by atoms with E-state index in [0.29, 0.717) is 12.4 Å². The first-order chi connectivity index (χ1) is 15.0. The standard InChI is InChI=1S/C24H25NO6/c1-4-29-17(2)20(30-24(27)28-3)15-16-25-21(18-11-7-5-8-12-18)22(31-23(25)26)19-13-9-6-10-14-19/h5-16,21-22H,4H2,1-3H3/b16-15+,20-17-/t21-,22+/m1/s1. The predicted molar refractivity (Wildman–Crippen MR) is 114 cm³/mol. The van der Waals surface area contributed by atoms with Gasteiger partial charge in [-0.05, 0) is 25.0 Å². The molecule has 2 atom stereocenters. The Labute approximate surface area is 181 Å². The smallest absolute Gasteiger partial charge is 0.495 e. The summed E-state index contributed by atoms with van der Waals surface area (Å²) in [5, 5.41) is 0. The molecule has 1 fully saturated rings. The third kappa shape index (κ3) is 5.25. The van der Waals surface area contributed by atoms with Crippen molar-refractivity contribution < 1.29 is 28.5 Å². The van der Waals surface area contributed by atoms with Crippen LogP contribution in [0.25, 0.3) is 0 Å². The molecule has 0 radical (unpaired) electrons. The Balaban J connectivity index is 1.98. The van der Waals surface area contributed by atoms with Gasteiger partial charge in [-0.3, -0.25) is 4.90 Å². The molecule has 1 heterocycles. The second-order valence-electron chi connectivity index (χ2n) is 6.70. The fraction of sp³-hybridized carbons (Fsp3) is 0.250. The second kappa shape index (κ2) is 10.3. The molecule has 0 N–H and O–H groups in total. The molecule has 1 amide bonds. The molecule has 7 heteroatoms. The largest absolute Gasteiger partial charge is 0.513 e. The van der Waals surface area contributed by atoms with Gasteiger partial charge in [-0.2, -0.15) is 0 Å². The van der Waals surface area contributed by atoms with Gasteiger partial charge in [-0.15, -0.1) is 0 Å². The van der Waals surface area contributed by atoms with E-state index in [0.717, 1.165) is 11.1 Å². The third-order valence-electron chi connectivity index (χ3n) is 4.75. The first-order valence-electron chi connectivity index (χ1n) is 9.91. The van der Waals surface area contributed by atoms with Crippen LogP contribution in [0.15, 0.2) is 84.5 Å². The van der Waals surface area contributed by atoms with E-state index in [1.54, 1.807) is 6.92 Å². The summed E-state index contributed by atoms with van der Waals surface area (Å²) in [7, 11) is 1.22. The van der Waals surface area contributed by atoms with Crippen molar-refractivity contribution in [1.82, 2.24) is 4.90 Å². The zero-order valence-corrected chi connectivity index (χ0v) is 17.7. The minimum absolute atomic E-state index is 0.136. The Morgan fingerprint density at radius 3 is 2.26 bits per heavy atom. The average molecular weight is 423 g/mol. The maximum Gasteiger partial charge on any atom is 0.513 e. The number of allylic oxidation sites excluding steroid dienone is 2. The topological polar surface area (TPSA) is 74.3 Å². The van der Waals surface area contributed by atoms with E-state index in [1.165, 1.54) is 24.3 Å². The molecule has 3 rings (SSSR count). The molecular formula is C24H25NO6. The number of cyclic esters (lactones) is 1. The van der Waals surface area contributed by atoms with Crippen molar-refractivity contribution in [3.05, 3.63) is 95.6 Å². The van der Waals surface area contributed by atoms with Crippen LogP contribution in [0.3, 0.4) is 0 Å². The zero-order valence-electron chi connectivity index (χ0n) is 17.7. The Morgan fingerprint density at radius 2 is 1.68 bits per heavy atom. The SMILES string of the molecule is CCO/C(C)=C(/C=C/N1C(=O)O[C@@H](c2ccccc2)[C@H]1c1ccccc1)OC(=O)OC. The highest BCUT2D eigenvalue weighted by Gasteiger charge is 2.42. The summed E-state index contributed by atoms with van der Waals surface area (Å²) < 4.78 is 20.9. The minimum atomic E-state index is -0.885. The van der Waals surface area contributed by atoms with Crippen molar-refractivity contribution in [2.24, 2.45) is 0 Å². The maximum atomic E-state index is 12.8. The van der Waals surface area contributed by atoms with Gasteiger partial charge in [0.05, 0.1) is 13.7 Å². The lowest BCUT2D eigenvalue weighted by Crippen LogP contribution is -2.22. The maximum absolute atomic E-state index is 12.8. The summed E-state index contributed by atoms with van der Waals surface area (Å²) >= 11 is 0. The van der Waals surface area contributed by atoms with Crippen LogP contribution in [0.4, 0.5) is 9.59 Å². The molecule has 0 unspecified atom stereocenters. The molecular weight excluding hydrogens is 398 g/mol. The van der Waals surface area contributed by atoms with Crippen LogP contribution in [0.5, 0.6) is 0 Å². The van der Waals surface area contributed by atoms with Crippen molar-refractivity contribution in [1.29, 1.82) is 0 Å². The second-order valence-corrected chi connectivity index (χ2v) is 6.70. The molecule has 1 saturated heterocycles. The van der Waals surface area contributed by atoms with Crippen LogP contribution in [0, 0.1) is 0 Å². The Bertz CT molecular complexity index is 955. The molecule has 1 aliphatic rings. The Kier molecular flexibility index (Phi) is 7.32. The van der Waals surface area contributed by atoms with Gasteiger partial charge in [-0.1, -0.05) is 60.7 Å². The number of benzene rings is 2. The molecule has 1 aliphatic heterocycles. The lowest BCUT2D eigenvalue weighted by molar-refractivity contribution is 0.0931. The van der Waals surface area contributed by atoms with Crippen molar-refractivity contribution in [3.63, 3.8) is 0 Å². The highest BCUT2D eigenvalue weighted by molar-refractivity contribution is 5.73. The van der Waals surface area contributed by atoms with Crippen molar-refractivity contribution in [3.8, 4) is 0 Å². The molecule has 31 heavy (non-hydrogen) atoms. The molecule has 0 aliphatic carbocycles. The van der Waals surface area contributed by atoms with E-state index >= 15 is 0 Å². The van der Waals surface area contributed by atoms with Crippen LogP contribution in [0.2, 0.25) is 0 Å². The normalized spacial score (nSPS) is 19.1. The highest BCUT2D eigenvalue weighted by atomic mass is 16.7. The van der Waals surface area contributed by atoms with E-state index in [-0.39, 0.29) is 5.76 Å². The summed E-state index contributed by atoms with van der Waals surface area (Å²) in [4.78, 5) is 25.9. The molecule has 7 nitrogen and oxygen atoms in total. The molecule has 2 aromatic carbocycles. The van der Waals surface area contributed by atoms with Gasteiger partial charge in [0.15, 0.2) is 11.9 Å². The summed E-state index contributed by atoms with van der Waals surface area (Å²) in [6, 6.07) is 18.8. The zero-order chi connectivity index (χ0) is 22.2. The summed E-state index contributed by atoms with van der Waals surface area (Å²) in [6.07, 6.45) is 1.13. The van der Waals surface area contributed by atoms with Gasteiger partial charge in [0.2, 0.25) is 0 Å². The van der Waals surface area contributed by atoms with E-state index in [4.69, 9.17) is 14.2 Å². The fourth-order valence-electron chi connectivity index (χ4n) is 3.32. The Morgan fingerprint density at radius 1 is 1.06 bits per heavy atom. The lowest BCUT2D eigenvalue weighted by Gasteiger charge is -2.23. The van der Waals surface area contributed by atoms with E-state index in [9.17, 15) is 9.59 Å². The summed E-state index contributed by atoms with van der Waals surface area (Å²) in [5.74, 6) is 0.518. The molecule has 0 bridgehead atoms. The molecule has 0 spiro atoms. The number of hydrogen-bond donors (Lipinski definition) is 0. The molecule has 0 aromatic heterocycles. The van der Waals surface area contributed by atoms with Crippen LogP contribution in [-0.4, -0.2) is 30.9 Å². The number of methoxy groups -OCH3 is 1. The van der Waals surface area contributed by atoms with Crippen LogP contribution >= 0.6 is 0 Å². The van der Waals surface area contributed by atoms with Gasteiger partial charge in [0.1, 0.15) is 11.8 Å². The van der Waals surface area contributed by atoms with Gasteiger partial charge in [0.25, 0.3) is 0 Å². The Hall–Kier alpha value is -3.74. The average Bonchev–Trinajstić information content (AvgIpc) is 3.13. The number of rotatable bonds is 7. The van der Waals surface area contributed by atoms with E-state index in [2.05, 4.69) is 4.74 Å². The monoisotopic (exact) mass is 423 g/mol. The van der Waals surface area contributed by atoms with Crippen LogP contribution in [0.1, 0.15) is 37.1 Å². The highest BCUT2D eigenvalue weighted by Crippen LogP contribution is 2.43. The van der Waals surface area contributed by atoms with Gasteiger partial charge in [-0.25, -0.2) is 9.59 Å². The molecule has 2 aromatic rings. The van der Waals surface area contributed by atoms with Gasteiger partial charge < -0.3 is 18.9 Å². The summed E-state index contributed by atoms with van der Waals surface area (Å²) in [6.45, 7) is 3.87. The number of carbonyl (C=O) groups is 2. The molecule has 0 saturated carbocycles. The van der Waals surface area contributed by atoms with E-state index < -0.39 is 24.4 Å². The third-order valence-corrected chi connectivity index (χ3v) is 4.75. The van der Waals surface area contributed by atoms with Crippen LogP contribution in [-0.2, 0) is 18.9 Å². The first kappa shape index (κ1) is 22.0. The van der Waals surface area contributed by atoms with Gasteiger partial charge >= 0.3 is 12.2 Å².